The number of hydrogen-bond donors (Lipinski definition) is 1. The third-order valence-corrected chi connectivity index (χ3v) is 3.06. The highest BCUT2D eigenvalue weighted by molar-refractivity contribution is 5.97. The third kappa shape index (κ3) is 1.78. The maximum atomic E-state index is 11.8. The number of aliphatic hydroxyl groups excluding tert-OH is 1. The van der Waals surface area contributed by atoms with Gasteiger partial charge in [-0.2, -0.15) is 0 Å². The largest absolute Gasteiger partial charge is 0.391 e. The molecule has 1 unspecified atom stereocenters. The molecule has 1 amide bonds. The van der Waals surface area contributed by atoms with Gasteiger partial charge in [-0.3, -0.25) is 4.79 Å². The molecule has 0 saturated carbocycles. The van der Waals surface area contributed by atoms with E-state index in [-0.39, 0.29) is 12.3 Å². The molecule has 0 spiro atoms. The molecule has 0 radical (unpaired) electrons. The molecule has 1 aliphatic heterocycles. The summed E-state index contributed by atoms with van der Waals surface area (Å²) in [5.74, 6) is -0.0462. The van der Waals surface area contributed by atoms with Crippen LogP contribution in [0.4, 0.5) is 5.69 Å². The maximum Gasteiger partial charge on any atom is 0.229 e. The topological polar surface area (TPSA) is 58.4 Å². The minimum absolute atomic E-state index is 0.0462. The Hall–Kier alpha value is -2.14. The zero-order valence-corrected chi connectivity index (χ0v) is 9.73. The van der Waals surface area contributed by atoms with Gasteiger partial charge in [-0.1, -0.05) is 12.1 Å². The third-order valence-electron chi connectivity index (χ3n) is 3.06. The number of amides is 1. The van der Waals surface area contributed by atoms with Crippen LogP contribution in [0.3, 0.4) is 0 Å². The van der Waals surface area contributed by atoms with E-state index in [0.29, 0.717) is 6.54 Å². The Balaban J connectivity index is 2.05. The summed E-state index contributed by atoms with van der Waals surface area (Å²) < 4.78 is 1.85. The lowest BCUT2D eigenvalue weighted by Crippen LogP contribution is -2.26. The number of benzene rings is 1. The van der Waals surface area contributed by atoms with E-state index in [0.717, 1.165) is 11.4 Å². The zero-order valence-electron chi connectivity index (χ0n) is 9.73. The number of rotatable bonds is 2. The second-order valence-electron chi connectivity index (χ2n) is 4.32. The Morgan fingerprint density at radius 2 is 2.06 bits per heavy atom. The summed E-state index contributed by atoms with van der Waals surface area (Å²) in [6, 6.07) is 7.60. The SMILES string of the molecule is O=C1CC(O)CN1c1ccccc1-n1ccnc1. The fraction of sp³-hybridized carbons (Fsp3) is 0.231. The number of imidazole rings is 1. The van der Waals surface area contributed by atoms with Crippen molar-refractivity contribution in [2.75, 3.05) is 11.4 Å². The van der Waals surface area contributed by atoms with Crippen LogP contribution in [0.25, 0.3) is 5.69 Å². The van der Waals surface area contributed by atoms with Gasteiger partial charge in [-0.05, 0) is 12.1 Å². The van der Waals surface area contributed by atoms with Crippen molar-refractivity contribution in [1.29, 1.82) is 0 Å². The first-order valence-electron chi connectivity index (χ1n) is 5.81. The molecule has 5 heteroatoms. The monoisotopic (exact) mass is 243 g/mol. The van der Waals surface area contributed by atoms with Gasteiger partial charge in [-0.25, -0.2) is 4.98 Å². The van der Waals surface area contributed by atoms with Gasteiger partial charge in [-0.15, -0.1) is 0 Å². The molecule has 2 heterocycles. The van der Waals surface area contributed by atoms with Crippen LogP contribution in [0.15, 0.2) is 43.0 Å². The molecule has 92 valence electrons. The first-order valence-corrected chi connectivity index (χ1v) is 5.81. The molecule has 1 aliphatic rings. The smallest absolute Gasteiger partial charge is 0.229 e. The molecule has 3 rings (SSSR count). The van der Waals surface area contributed by atoms with Crippen molar-refractivity contribution in [3.05, 3.63) is 43.0 Å². The van der Waals surface area contributed by atoms with Crippen molar-refractivity contribution < 1.29 is 9.90 Å². The van der Waals surface area contributed by atoms with Crippen molar-refractivity contribution in [1.82, 2.24) is 9.55 Å². The van der Waals surface area contributed by atoms with E-state index < -0.39 is 6.10 Å². The molecule has 1 aromatic carbocycles. The van der Waals surface area contributed by atoms with Gasteiger partial charge in [0.1, 0.15) is 0 Å². The number of β-amino-alcohol motifs (C(OH)–C–C–N with tert-alkyl or cyclic N) is 1. The molecule has 1 N–H and O–H groups in total. The normalized spacial score (nSPS) is 19.5. The second kappa shape index (κ2) is 4.27. The number of carbonyl (C=O) groups is 1. The number of nitrogens with zero attached hydrogens (tertiary/aromatic N) is 3. The lowest BCUT2D eigenvalue weighted by molar-refractivity contribution is -0.117. The summed E-state index contributed by atoms with van der Waals surface area (Å²) in [5, 5.41) is 9.57. The highest BCUT2D eigenvalue weighted by atomic mass is 16.3. The molecule has 5 nitrogen and oxygen atoms in total. The van der Waals surface area contributed by atoms with Gasteiger partial charge in [0.2, 0.25) is 5.91 Å². The predicted molar refractivity (Wildman–Crippen MR) is 66.5 cm³/mol. The van der Waals surface area contributed by atoms with Crippen molar-refractivity contribution in [3.8, 4) is 5.69 Å². The highest BCUT2D eigenvalue weighted by Crippen LogP contribution is 2.28. The molecule has 0 bridgehead atoms. The van der Waals surface area contributed by atoms with Crippen LogP contribution in [0, 0.1) is 0 Å². The molecule has 1 fully saturated rings. The summed E-state index contributed by atoms with van der Waals surface area (Å²) in [4.78, 5) is 17.5. The van der Waals surface area contributed by atoms with E-state index in [9.17, 15) is 9.90 Å². The molecule has 18 heavy (non-hydrogen) atoms. The number of anilines is 1. The fourth-order valence-electron chi connectivity index (χ4n) is 2.23. The molecule has 1 aromatic heterocycles. The quantitative estimate of drug-likeness (QED) is 0.855. The minimum Gasteiger partial charge on any atom is -0.391 e. The number of hydrogen-bond acceptors (Lipinski definition) is 3. The van der Waals surface area contributed by atoms with E-state index in [1.165, 1.54) is 0 Å². The van der Waals surface area contributed by atoms with E-state index >= 15 is 0 Å². The number of aliphatic hydroxyl groups is 1. The van der Waals surface area contributed by atoms with Crippen molar-refractivity contribution in [2.24, 2.45) is 0 Å². The van der Waals surface area contributed by atoms with Gasteiger partial charge in [0, 0.05) is 12.4 Å². The van der Waals surface area contributed by atoms with Crippen LogP contribution in [0.2, 0.25) is 0 Å². The van der Waals surface area contributed by atoms with Gasteiger partial charge in [0.25, 0.3) is 0 Å². The molecule has 1 atom stereocenters. The van der Waals surface area contributed by atoms with Crippen molar-refractivity contribution in [2.45, 2.75) is 12.5 Å². The Labute approximate surface area is 104 Å². The van der Waals surface area contributed by atoms with Gasteiger partial charge in [0.05, 0.1) is 36.8 Å². The first kappa shape index (κ1) is 11.0. The molecule has 0 aliphatic carbocycles. The first-order chi connectivity index (χ1) is 8.75. The van der Waals surface area contributed by atoms with E-state index in [2.05, 4.69) is 4.98 Å². The summed E-state index contributed by atoms with van der Waals surface area (Å²) in [7, 11) is 0. The fourth-order valence-corrected chi connectivity index (χ4v) is 2.23. The molecular formula is C13H13N3O2. The van der Waals surface area contributed by atoms with Crippen molar-refractivity contribution >= 4 is 11.6 Å². The van der Waals surface area contributed by atoms with Crippen LogP contribution < -0.4 is 4.90 Å². The molecule has 2 aromatic rings. The predicted octanol–water partition coefficient (Wildman–Crippen LogP) is 0.970. The van der Waals surface area contributed by atoms with Crippen LogP contribution in [-0.4, -0.2) is 33.2 Å². The summed E-state index contributed by atoms with van der Waals surface area (Å²) in [5.41, 5.74) is 1.69. The van der Waals surface area contributed by atoms with Gasteiger partial charge < -0.3 is 14.6 Å². The lowest BCUT2D eigenvalue weighted by atomic mass is 10.2. The van der Waals surface area contributed by atoms with Gasteiger partial charge >= 0.3 is 0 Å². The molecular weight excluding hydrogens is 230 g/mol. The summed E-state index contributed by atoms with van der Waals surface area (Å²) in [6.45, 7) is 0.352. The number of carbonyl (C=O) groups excluding carboxylic acids is 1. The van der Waals surface area contributed by atoms with Crippen molar-refractivity contribution in [3.63, 3.8) is 0 Å². The van der Waals surface area contributed by atoms with Crippen LogP contribution in [0.5, 0.6) is 0 Å². The minimum atomic E-state index is -0.576. The summed E-state index contributed by atoms with van der Waals surface area (Å²) in [6.07, 6.45) is 4.83. The number of para-hydroxylation sites is 2. The lowest BCUT2D eigenvalue weighted by Gasteiger charge is -2.19. The average molecular weight is 243 g/mol. The number of aromatic nitrogens is 2. The van der Waals surface area contributed by atoms with Crippen LogP contribution in [-0.2, 0) is 4.79 Å². The van der Waals surface area contributed by atoms with E-state index in [4.69, 9.17) is 0 Å². The van der Waals surface area contributed by atoms with E-state index in [1.807, 2.05) is 35.0 Å². The Morgan fingerprint density at radius 3 is 2.67 bits per heavy atom. The second-order valence-corrected chi connectivity index (χ2v) is 4.32. The van der Waals surface area contributed by atoms with Crippen LogP contribution >= 0.6 is 0 Å². The van der Waals surface area contributed by atoms with Gasteiger partial charge in [0.15, 0.2) is 0 Å². The summed E-state index contributed by atoms with van der Waals surface area (Å²) >= 11 is 0. The molecule has 1 saturated heterocycles. The highest BCUT2D eigenvalue weighted by Gasteiger charge is 2.30. The Morgan fingerprint density at radius 1 is 1.28 bits per heavy atom. The Kier molecular flexibility index (Phi) is 2.60. The maximum absolute atomic E-state index is 11.8. The average Bonchev–Trinajstić information content (AvgIpc) is 2.99. The Bertz CT molecular complexity index is 565. The standard InChI is InChI=1S/C13H13N3O2/c17-10-7-13(18)16(8-10)12-4-2-1-3-11(12)15-6-5-14-9-15/h1-6,9-10,17H,7-8H2. The van der Waals surface area contributed by atoms with E-state index in [1.54, 1.807) is 17.4 Å². The van der Waals surface area contributed by atoms with Crippen LogP contribution in [0.1, 0.15) is 6.42 Å². The zero-order chi connectivity index (χ0) is 12.5.